The van der Waals surface area contributed by atoms with Gasteiger partial charge in [-0.25, -0.2) is 4.98 Å². The van der Waals surface area contributed by atoms with Crippen LogP contribution in [-0.4, -0.2) is 4.98 Å². The first-order valence-electron chi connectivity index (χ1n) is 20.6. The molecule has 0 atom stereocenters. The number of aryl methyl sites for hydroxylation is 1. The van der Waals surface area contributed by atoms with Gasteiger partial charge in [-0.15, -0.1) is 0 Å². The number of hydrogen-bond acceptors (Lipinski definition) is 2. The van der Waals surface area contributed by atoms with Gasteiger partial charge in [0.2, 0.25) is 0 Å². The summed E-state index contributed by atoms with van der Waals surface area (Å²) in [7, 11) is 0. The summed E-state index contributed by atoms with van der Waals surface area (Å²) in [5.74, 6) is 1.62. The monoisotopic (exact) mass is 765 g/mol. The fraction of sp³-hybridized carbons (Fsp3) is 0.0172. The molecule has 1 aliphatic rings. The highest BCUT2D eigenvalue weighted by Crippen LogP contribution is 2.57. The zero-order valence-electron chi connectivity index (χ0n) is 33.1. The van der Waals surface area contributed by atoms with E-state index in [-0.39, 0.29) is 0 Å². The van der Waals surface area contributed by atoms with Crippen LogP contribution in [0.2, 0.25) is 0 Å². The Morgan fingerprint density at radius 2 is 0.850 bits per heavy atom. The molecule has 9 aromatic carbocycles. The van der Waals surface area contributed by atoms with Crippen molar-refractivity contribution in [2.75, 3.05) is 0 Å². The van der Waals surface area contributed by atoms with Gasteiger partial charge < -0.3 is 4.74 Å². The zero-order chi connectivity index (χ0) is 40.0. The number of benzene rings is 9. The Morgan fingerprint density at radius 3 is 1.43 bits per heavy atom. The third kappa shape index (κ3) is 5.92. The molecule has 1 aromatic heterocycles. The van der Waals surface area contributed by atoms with Gasteiger partial charge in [0, 0.05) is 38.6 Å². The predicted octanol–water partition coefficient (Wildman–Crippen LogP) is 15.3. The van der Waals surface area contributed by atoms with E-state index in [4.69, 9.17) is 9.72 Å². The molecule has 0 fully saturated rings. The van der Waals surface area contributed by atoms with Crippen LogP contribution in [0, 0.1) is 6.92 Å². The Kier molecular flexibility index (Phi) is 8.75. The van der Waals surface area contributed by atoms with Gasteiger partial charge in [0.05, 0.1) is 17.0 Å². The number of aromatic nitrogens is 1. The summed E-state index contributed by atoms with van der Waals surface area (Å²) >= 11 is 0. The Balaban J connectivity index is 1.38. The lowest BCUT2D eigenvalue weighted by atomic mass is 9.79. The molecule has 0 saturated heterocycles. The first-order chi connectivity index (χ1) is 29.7. The fourth-order valence-corrected chi connectivity index (χ4v) is 9.12. The van der Waals surface area contributed by atoms with Crippen molar-refractivity contribution in [2.24, 2.45) is 0 Å². The molecule has 2 nitrogen and oxygen atoms in total. The molecule has 0 saturated carbocycles. The fourth-order valence-electron chi connectivity index (χ4n) is 9.12. The molecule has 2 heteroatoms. The Bertz CT molecular complexity index is 3230. The molecule has 0 aliphatic carbocycles. The largest absolute Gasteiger partial charge is 0.455 e. The Hall–Kier alpha value is -7.81. The molecule has 0 amide bonds. The number of ether oxygens (including phenoxy) is 1. The molecule has 0 spiro atoms. The van der Waals surface area contributed by atoms with Crippen molar-refractivity contribution in [1.82, 2.24) is 4.98 Å². The molecular formula is C58H39NO. The maximum atomic E-state index is 7.67. The number of nitrogens with zero attached hydrogens (tertiary/aromatic N) is 1. The van der Waals surface area contributed by atoms with E-state index < -0.39 is 0 Å². The van der Waals surface area contributed by atoms with E-state index in [1.165, 1.54) is 0 Å². The van der Waals surface area contributed by atoms with Crippen molar-refractivity contribution in [3.63, 3.8) is 0 Å². The summed E-state index contributed by atoms with van der Waals surface area (Å²) in [5, 5.41) is 4.40. The molecular weight excluding hydrogens is 727 g/mol. The van der Waals surface area contributed by atoms with Crippen LogP contribution in [0.4, 0.5) is 0 Å². The van der Waals surface area contributed by atoms with Crippen molar-refractivity contribution in [2.45, 2.75) is 6.92 Å². The first-order valence-corrected chi connectivity index (χ1v) is 20.6. The average Bonchev–Trinajstić information content (AvgIpc) is 3.32. The lowest BCUT2D eigenvalue weighted by Gasteiger charge is -2.31. The van der Waals surface area contributed by atoms with Crippen molar-refractivity contribution in [1.29, 1.82) is 0 Å². The SMILES string of the molecule is Cc1ccc2c(-c3ccccc3)c(-c3ccccc3)nc(-c3c(-c4ccccc4)c(-c4ccccc4)c4cccc5c4c3OC(c3ccccc3)=C5c3ccccc3)c2c1. The molecule has 10 aromatic rings. The van der Waals surface area contributed by atoms with Crippen LogP contribution < -0.4 is 4.74 Å². The van der Waals surface area contributed by atoms with Gasteiger partial charge in [-0.3, -0.25) is 0 Å². The van der Waals surface area contributed by atoms with E-state index in [9.17, 15) is 0 Å². The van der Waals surface area contributed by atoms with Crippen LogP contribution in [0.1, 0.15) is 22.3 Å². The number of fused-ring (bicyclic) bond motifs is 1. The minimum Gasteiger partial charge on any atom is -0.455 e. The van der Waals surface area contributed by atoms with Crippen molar-refractivity contribution < 1.29 is 4.74 Å². The maximum absolute atomic E-state index is 7.67. The lowest BCUT2D eigenvalue weighted by molar-refractivity contribution is 0.521. The average molecular weight is 766 g/mol. The minimum absolute atomic E-state index is 0.805. The van der Waals surface area contributed by atoms with E-state index in [0.29, 0.717) is 0 Å². The van der Waals surface area contributed by atoms with E-state index in [2.05, 4.69) is 225 Å². The van der Waals surface area contributed by atoms with Crippen LogP contribution in [-0.2, 0) is 0 Å². The normalized spacial score (nSPS) is 12.2. The van der Waals surface area contributed by atoms with E-state index in [0.717, 1.165) is 117 Å². The Labute approximate surface area is 350 Å². The summed E-state index contributed by atoms with van der Waals surface area (Å²) in [6.07, 6.45) is 0. The molecule has 0 bridgehead atoms. The molecule has 0 N–H and O–H groups in total. The number of pyridine rings is 1. The third-order valence-corrected chi connectivity index (χ3v) is 11.7. The van der Waals surface area contributed by atoms with Gasteiger partial charge in [0.25, 0.3) is 0 Å². The topological polar surface area (TPSA) is 22.1 Å². The molecule has 0 unspecified atom stereocenters. The van der Waals surface area contributed by atoms with Crippen LogP contribution in [0.3, 0.4) is 0 Å². The summed E-state index contributed by atoms with van der Waals surface area (Å²) in [6, 6.07) is 77.7. The smallest absolute Gasteiger partial charge is 0.146 e. The second-order valence-corrected chi connectivity index (χ2v) is 15.4. The lowest BCUT2D eigenvalue weighted by Crippen LogP contribution is -2.10. The second kappa shape index (κ2) is 14.8. The van der Waals surface area contributed by atoms with Crippen molar-refractivity contribution in [3.8, 4) is 61.6 Å². The second-order valence-electron chi connectivity index (χ2n) is 15.4. The van der Waals surface area contributed by atoms with Crippen LogP contribution in [0.15, 0.2) is 218 Å². The summed E-state index contributed by atoms with van der Waals surface area (Å²) in [6.45, 7) is 2.17. The molecule has 0 radical (unpaired) electrons. The highest BCUT2D eigenvalue weighted by atomic mass is 16.5. The maximum Gasteiger partial charge on any atom is 0.146 e. The molecule has 11 rings (SSSR count). The molecule has 2 heterocycles. The van der Waals surface area contributed by atoms with Crippen LogP contribution in [0.5, 0.6) is 5.75 Å². The van der Waals surface area contributed by atoms with Gasteiger partial charge in [-0.05, 0) is 57.1 Å². The van der Waals surface area contributed by atoms with Gasteiger partial charge in [-0.2, -0.15) is 0 Å². The predicted molar refractivity (Wildman–Crippen MR) is 251 cm³/mol. The summed E-state index contributed by atoms with van der Waals surface area (Å²) in [4.78, 5) is 5.93. The van der Waals surface area contributed by atoms with Crippen molar-refractivity contribution >= 4 is 32.9 Å². The van der Waals surface area contributed by atoms with Gasteiger partial charge in [0.15, 0.2) is 0 Å². The van der Waals surface area contributed by atoms with Crippen LogP contribution in [0.25, 0.3) is 88.8 Å². The first kappa shape index (κ1) is 35.4. The van der Waals surface area contributed by atoms with E-state index in [1.54, 1.807) is 0 Å². The highest BCUT2D eigenvalue weighted by Gasteiger charge is 2.34. The number of rotatable bonds is 7. The molecule has 282 valence electrons. The standard InChI is InChI=1S/C58H39NO/c1-38-35-36-45-48(37-38)56(59-55(43-29-16-6-17-30-43)50(45)40-23-10-3-11-24-40)54-52(42-27-14-5-15-28-42)49(39-21-8-2-9-22-39)46-33-20-34-47-51(41-25-12-4-13-26-41)57(60-58(54)53(46)47)44-31-18-7-19-32-44/h2-37H,1H3. The van der Waals surface area contributed by atoms with Gasteiger partial charge in [0.1, 0.15) is 11.5 Å². The van der Waals surface area contributed by atoms with E-state index in [1.807, 2.05) is 0 Å². The minimum atomic E-state index is 0.805. The molecule has 60 heavy (non-hydrogen) atoms. The van der Waals surface area contributed by atoms with Gasteiger partial charge in [-0.1, -0.05) is 218 Å². The summed E-state index contributed by atoms with van der Waals surface area (Å²) < 4.78 is 7.67. The van der Waals surface area contributed by atoms with E-state index >= 15 is 0 Å². The zero-order valence-corrected chi connectivity index (χ0v) is 33.1. The quantitative estimate of drug-likeness (QED) is 0.161. The summed E-state index contributed by atoms with van der Waals surface area (Å²) in [5.41, 5.74) is 16.0. The van der Waals surface area contributed by atoms with Crippen molar-refractivity contribution in [3.05, 3.63) is 241 Å². The Morgan fingerprint density at radius 1 is 0.350 bits per heavy atom. The van der Waals surface area contributed by atoms with Crippen LogP contribution >= 0.6 is 0 Å². The highest BCUT2D eigenvalue weighted by molar-refractivity contribution is 6.22. The number of hydrogen-bond donors (Lipinski definition) is 0. The van der Waals surface area contributed by atoms with Gasteiger partial charge >= 0.3 is 0 Å². The third-order valence-electron chi connectivity index (χ3n) is 11.7. The molecule has 1 aliphatic heterocycles.